The summed E-state index contributed by atoms with van der Waals surface area (Å²) in [7, 11) is 0. The Hall–Kier alpha value is -2.14. The summed E-state index contributed by atoms with van der Waals surface area (Å²) in [6.45, 7) is 2.82. The second-order valence-electron chi connectivity index (χ2n) is 3.83. The summed E-state index contributed by atoms with van der Waals surface area (Å²) in [4.78, 5) is 3.84. The third-order valence-electron chi connectivity index (χ3n) is 2.46. The van der Waals surface area contributed by atoms with Crippen LogP contribution in [-0.4, -0.2) is 11.6 Å². The van der Waals surface area contributed by atoms with Crippen molar-refractivity contribution in [3.63, 3.8) is 0 Å². The maximum atomic E-state index is 12.8. The van der Waals surface area contributed by atoms with Crippen LogP contribution in [-0.2, 0) is 6.54 Å². The van der Waals surface area contributed by atoms with Crippen molar-refractivity contribution >= 4 is 0 Å². The molecule has 19 heavy (non-hydrogen) atoms. The third-order valence-corrected chi connectivity index (χ3v) is 2.46. The zero-order chi connectivity index (χ0) is 13.7. The molecular weight excluding hydrogens is 247 g/mol. The molecule has 2 rings (SSSR count). The summed E-state index contributed by atoms with van der Waals surface area (Å²) in [6.07, 6.45) is 1.10. The third kappa shape index (κ3) is 3.42. The molecule has 0 fully saturated rings. The van der Waals surface area contributed by atoms with Crippen molar-refractivity contribution in [1.82, 2.24) is 4.98 Å². The molecular formula is C14H15FN2O2. The molecule has 0 spiro atoms. The SMILES string of the molecule is CCOc1cc(CN)ccc1Oc1ccc(F)cn1. The minimum Gasteiger partial charge on any atom is -0.490 e. The van der Waals surface area contributed by atoms with E-state index in [-0.39, 0.29) is 0 Å². The molecule has 0 atom stereocenters. The van der Waals surface area contributed by atoms with Crippen molar-refractivity contribution in [3.05, 3.63) is 47.9 Å². The Morgan fingerprint density at radius 3 is 2.68 bits per heavy atom. The van der Waals surface area contributed by atoms with Gasteiger partial charge >= 0.3 is 0 Å². The molecule has 0 unspecified atom stereocenters. The average molecular weight is 262 g/mol. The molecule has 0 saturated heterocycles. The van der Waals surface area contributed by atoms with E-state index in [2.05, 4.69) is 4.98 Å². The maximum absolute atomic E-state index is 12.8. The lowest BCUT2D eigenvalue weighted by Crippen LogP contribution is -2.00. The Bertz CT molecular complexity index is 544. The molecule has 0 amide bonds. The van der Waals surface area contributed by atoms with Crippen LogP contribution >= 0.6 is 0 Å². The molecule has 2 aromatic rings. The minimum atomic E-state index is -0.407. The molecule has 0 aliphatic rings. The number of hydrogen-bond donors (Lipinski definition) is 1. The van der Waals surface area contributed by atoms with E-state index in [1.807, 2.05) is 19.1 Å². The normalized spacial score (nSPS) is 10.3. The van der Waals surface area contributed by atoms with Gasteiger partial charge in [0.25, 0.3) is 0 Å². The van der Waals surface area contributed by atoms with E-state index < -0.39 is 5.82 Å². The van der Waals surface area contributed by atoms with Crippen LogP contribution in [0, 0.1) is 5.82 Å². The summed E-state index contributed by atoms with van der Waals surface area (Å²) in [5, 5.41) is 0. The number of halogens is 1. The molecule has 2 N–H and O–H groups in total. The van der Waals surface area contributed by atoms with Gasteiger partial charge in [-0.15, -0.1) is 0 Å². The molecule has 4 nitrogen and oxygen atoms in total. The summed E-state index contributed by atoms with van der Waals surface area (Å²) in [6, 6.07) is 8.18. The monoisotopic (exact) mass is 262 g/mol. The van der Waals surface area contributed by atoms with E-state index >= 15 is 0 Å². The first-order valence-electron chi connectivity index (χ1n) is 5.98. The predicted molar refractivity (Wildman–Crippen MR) is 69.8 cm³/mol. The van der Waals surface area contributed by atoms with Gasteiger partial charge in [-0.1, -0.05) is 6.07 Å². The van der Waals surface area contributed by atoms with Crippen molar-refractivity contribution < 1.29 is 13.9 Å². The fraction of sp³-hybridized carbons (Fsp3) is 0.214. The fourth-order valence-corrected chi connectivity index (χ4v) is 1.57. The lowest BCUT2D eigenvalue weighted by molar-refractivity contribution is 0.319. The van der Waals surface area contributed by atoms with Crippen LogP contribution in [0.3, 0.4) is 0 Å². The Kier molecular flexibility index (Phi) is 4.30. The topological polar surface area (TPSA) is 57.4 Å². The highest BCUT2D eigenvalue weighted by molar-refractivity contribution is 5.44. The summed E-state index contributed by atoms with van der Waals surface area (Å²) in [5.74, 6) is 1.02. The van der Waals surface area contributed by atoms with Crippen molar-refractivity contribution in [2.24, 2.45) is 5.73 Å². The standard InChI is InChI=1S/C14H15FN2O2/c1-2-18-13-7-10(8-16)3-5-12(13)19-14-6-4-11(15)9-17-14/h3-7,9H,2,8,16H2,1H3. The van der Waals surface area contributed by atoms with Gasteiger partial charge in [0.15, 0.2) is 11.5 Å². The molecule has 1 aromatic carbocycles. The highest BCUT2D eigenvalue weighted by Gasteiger charge is 2.08. The number of benzene rings is 1. The van der Waals surface area contributed by atoms with Crippen molar-refractivity contribution in [3.8, 4) is 17.4 Å². The number of aromatic nitrogens is 1. The quantitative estimate of drug-likeness (QED) is 0.900. The van der Waals surface area contributed by atoms with E-state index in [4.69, 9.17) is 15.2 Å². The lowest BCUT2D eigenvalue weighted by atomic mass is 10.2. The zero-order valence-corrected chi connectivity index (χ0v) is 10.6. The molecule has 0 saturated carbocycles. The van der Waals surface area contributed by atoms with E-state index in [0.29, 0.717) is 30.5 Å². The smallest absolute Gasteiger partial charge is 0.219 e. The van der Waals surface area contributed by atoms with Crippen LogP contribution in [0.15, 0.2) is 36.5 Å². The minimum absolute atomic E-state index is 0.308. The summed E-state index contributed by atoms with van der Waals surface area (Å²) in [5.41, 5.74) is 6.53. The maximum Gasteiger partial charge on any atom is 0.219 e. The molecule has 0 radical (unpaired) electrons. The molecule has 5 heteroatoms. The first-order valence-corrected chi connectivity index (χ1v) is 5.98. The van der Waals surface area contributed by atoms with Gasteiger partial charge < -0.3 is 15.2 Å². The van der Waals surface area contributed by atoms with Crippen LogP contribution in [0.4, 0.5) is 4.39 Å². The van der Waals surface area contributed by atoms with E-state index in [1.165, 1.54) is 12.1 Å². The summed E-state index contributed by atoms with van der Waals surface area (Å²) < 4.78 is 23.8. The number of rotatable bonds is 5. The second kappa shape index (κ2) is 6.15. The Morgan fingerprint density at radius 1 is 1.21 bits per heavy atom. The van der Waals surface area contributed by atoms with Gasteiger partial charge in [-0.25, -0.2) is 9.37 Å². The van der Waals surface area contributed by atoms with Crippen molar-refractivity contribution in [2.45, 2.75) is 13.5 Å². The van der Waals surface area contributed by atoms with Gasteiger partial charge in [-0.2, -0.15) is 0 Å². The van der Waals surface area contributed by atoms with Gasteiger partial charge in [0.2, 0.25) is 5.88 Å². The first-order chi connectivity index (χ1) is 9.22. The average Bonchev–Trinajstić information content (AvgIpc) is 2.43. The molecule has 0 aliphatic carbocycles. The fourth-order valence-electron chi connectivity index (χ4n) is 1.57. The number of ether oxygens (including phenoxy) is 2. The van der Waals surface area contributed by atoms with Gasteiger partial charge in [0.1, 0.15) is 5.82 Å². The number of hydrogen-bond acceptors (Lipinski definition) is 4. The number of nitrogens with two attached hydrogens (primary N) is 1. The van der Waals surface area contributed by atoms with Gasteiger partial charge in [0, 0.05) is 12.6 Å². The largest absolute Gasteiger partial charge is 0.490 e. The molecule has 1 heterocycles. The van der Waals surface area contributed by atoms with Crippen LogP contribution in [0.1, 0.15) is 12.5 Å². The van der Waals surface area contributed by atoms with Crippen molar-refractivity contribution in [2.75, 3.05) is 6.61 Å². The molecule has 1 aromatic heterocycles. The first kappa shape index (κ1) is 13.3. The van der Waals surface area contributed by atoms with Crippen LogP contribution in [0.5, 0.6) is 17.4 Å². The van der Waals surface area contributed by atoms with Crippen LogP contribution in [0.2, 0.25) is 0 Å². The van der Waals surface area contributed by atoms with Gasteiger partial charge in [0.05, 0.1) is 12.8 Å². The number of nitrogens with zero attached hydrogens (tertiary/aromatic N) is 1. The zero-order valence-electron chi connectivity index (χ0n) is 10.6. The molecule has 0 bridgehead atoms. The van der Waals surface area contributed by atoms with Gasteiger partial charge in [-0.3, -0.25) is 0 Å². The Balaban J connectivity index is 2.25. The van der Waals surface area contributed by atoms with E-state index in [1.54, 1.807) is 6.07 Å². The van der Waals surface area contributed by atoms with Crippen LogP contribution < -0.4 is 15.2 Å². The van der Waals surface area contributed by atoms with Crippen LogP contribution in [0.25, 0.3) is 0 Å². The van der Waals surface area contributed by atoms with E-state index in [0.717, 1.165) is 11.8 Å². The second-order valence-corrected chi connectivity index (χ2v) is 3.83. The van der Waals surface area contributed by atoms with Crippen molar-refractivity contribution in [1.29, 1.82) is 0 Å². The molecule has 100 valence electrons. The highest BCUT2D eigenvalue weighted by Crippen LogP contribution is 2.31. The summed E-state index contributed by atoms with van der Waals surface area (Å²) >= 11 is 0. The Labute approximate surface area is 111 Å². The molecule has 0 aliphatic heterocycles. The predicted octanol–water partition coefficient (Wildman–Crippen LogP) is 2.87. The number of pyridine rings is 1. The highest BCUT2D eigenvalue weighted by atomic mass is 19.1. The lowest BCUT2D eigenvalue weighted by Gasteiger charge is -2.12. The van der Waals surface area contributed by atoms with E-state index in [9.17, 15) is 4.39 Å². The Morgan fingerprint density at radius 2 is 2.05 bits per heavy atom. The van der Waals surface area contributed by atoms with Gasteiger partial charge in [-0.05, 0) is 30.7 Å².